The third kappa shape index (κ3) is 3.62. The van der Waals surface area contributed by atoms with Crippen LogP contribution in [0.15, 0.2) is 53.9 Å². The molecule has 2 nitrogen and oxygen atoms in total. The lowest BCUT2D eigenvalue weighted by Crippen LogP contribution is -1.83. The number of allylic oxidation sites excluding steroid dienone is 1. The molecular formula is C18H10Cl2N2S. The maximum absolute atomic E-state index is 9.43. The van der Waals surface area contributed by atoms with Crippen LogP contribution in [0.3, 0.4) is 0 Å². The number of nitrogens with zero attached hydrogens (tertiary/aromatic N) is 2. The summed E-state index contributed by atoms with van der Waals surface area (Å²) in [4.78, 5) is 4.56. The first-order valence-corrected chi connectivity index (χ1v) is 8.39. The first-order valence-electron chi connectivity index (χ1n) is 6.75. The zero-order chi connectivity index (χ0) is 16.2. The molecule has 0 atom stereocenters. The number of hydrogen-bond acceptors (Lipinski definition) is 3. The van der Waals surface area contributed by atoms with Gasteiger partial charge in [-0.15, -0.1) is 11.3 Å². The fraction of sp³-hybridized carbons (Fsp3) is 0. The van der Waals surface area contributed by atoms with Gasteiger partial charge in [-0.2, -0.15) is 5.26 Å². The van der Waals surface area contributed by atoms with E-state index in [1.807, 2.05) is 41.8 Å². The van der Waals surface area contributed by atoms with Gasteiger partial charge in [-0.1, -0.05) is 59.6 Å². The van der Waals surface area contributed by atoms with E-state index in [0.29, 0.717) is 20.6 Å². The first kappa shape index (κ1) is 15.8. The van der Waals surface area contributed by atoms with Crippen molar-refractivity contribution in [1.29, 1.82) is 5.26 Å². The van der Waals surface area contributed by atoms with E-state index in [4.69, 9.17) is 23.2 Å². The van der Waals surface area contributed by atoms with Gasteiger partial charge < -0.3 is 0 Å². The Balaban J connectivity index is 1.96. The van der Waals surface area contributed by atoms with Crippen molar-refractivity contribution < 1.29 is 0 Å². The zero-order valence-electron chi connectivity index (χ0n) is 11.8. The van der Waals surface area contributed by atoms with Crippen LogP contribution in [0.25, 0.3) is 22.9 Å². The van der Waals surface area contributed by atoms with Crippen molar-refractivity contribution in [2.75, 3.05) is 0 Å². The summed E-state index contributed by atoms with van der Waals surface area (Å²) >= 11 is 13.4. The largest absolute Gasteiger partial charge is 0.235 e. The van der Waals surface area contributed by atoms with Crippen LogP contribution in [0.5, 0.6) is 0 Å². The molecule has 0 saturated heterocycles. The molecule has 0 spiro atoms. The van der Waals surface area contributed by atoms with E-state index in [1.54, 1.807) is 18.2 Å². The first-order chi connectivity index (χ1) is 11.2. The van der Waals surface area contributed by atoms with E-state index >= 15 is 0 Å². The molecule has 0 fully saturated rings. The molecule has 0 aliphatic rings. The molecule has 0 bridgehead atoms. The summed E-state index contributed by atoms with van der Waals surface area (Å²) in [7, 11) is 0. The second-order valence-electron chi connectivity index (χ2n) is 4.75. The van der Waals surface area contributed by atoms with Crippen molar-refractivity contribution in [3.63, 3.8) is 0 Å². The van der Waals surface area contributed by atoms with Crippen LogP contribution >= 0.6 is 34.5 Å². The van der Waals surface area contributed by atoms with Crippen molar-refractivity contribution in [3.8, 4) is 17.3 Å². The van der Waals surface area contributed by atoms with Crippen LogP contribution in [0.2, 0.25) is 10.0 Å². The van der Waals surface area contributed by atoms with Gasteiger partial charge in [-0.05, 0) is 23.8 Å². The third-order valence-corrected chi connectivity index (χ3v) is 4.79. The van der Waals surface area contributed by atoms with Gasteiger partial charge in [0.2, 0.25) is 0 Å². The van der Waals surface area contributed by atoms with Crippen LogP contribution in [-0.4, -0.2) is 4.98 Å². The highest BCUT2D eigenvalue weighted by Crippen LogP contribution is 2.28. The van der Waals surface area contributed by atoms with Crippen molar-refractivity contribution in [2.24, 2.45) is 0 Å². The number of nitriles is 1. The highest BCUT2D eigenvalue weighted by atomic mass is 35.5. The fourth-order valence-electron chi connectivity index (χ4n) is 2.05. The Kier molecular flexibility index (Phi) is 4.78. The highest BCUT2D eigenvalue weighted by Gasteiger charge is 2.09. The SMILES string of the molecule is N#C/C(=C/c1ccc(Cl)c(Cl)c1)c1nc(-c2ccccc2)cs1. The average molecular weight is 357 g/mol. The predicted octanol–water partition coefficient (Wildman–Crippen LogP) is 6.18. The van der Waals surface area contributed by atoms with Crippen molar-refractivity contribution >= 4 is 46.2 Å². The van der Waals surface area contributed by atoms with Crippen molar-refractivity contribution in [3.05, 3.63) is 74.5 Å². The van der Waals surface area contributed by atoms with Gasteiger partial charge in [-0.3, -0.25) is 0 Å². The number of halogens is 2. The van der Waals surface area contributed by atoms with Gasteiger partial charge in [0.15, 0.2) is 0 Å². The van der Waals surface area contributed by atoms with Gasteiger partial charge in [0.05, 0.1) is 21.3 Å². The minimum absolute atomic E-state index is 0.460. The third-order valence-electron chi connectivity index (χ3n) is 3.18. The predicted molar refractivity (Wildman–Crippen MR) is 97.5 cm³/mol. The van der Waals surface area contributed by atoms with Crippen LogP contribution < -0.4 is 0 Å². The highest BCUT2D eigenvalue weighted by molar-refractivity contribution is 7.11. The van der Waals surface area contributed by atoms with E-state index in [9.17, 15) is 5.26 Å². The van der Waals surface area contributed by atoms with Gasteiger partial charge in [0.25, 0.3) is 0 Å². The van der Waals surface area contributed by atoms with E-state index in [-0.39, 0.29) is 0 Å². The standard InChI is InChI=1S/C18H10Cl2N2S/c19-15-7-6-12(9-16(15)20)8-14(10-21)18-22-17(11-23-18)13-4-2-1-3-5-13/h1-9,11H/b14-8-. The summed E-state index contributed by atoms with van der Waals surface area (Å²) < 4.78 is 0. The summed E-state index contributed by atoms with van der Waals surface area (Å²) in [5.74, 6) is 0. The summed E-state index contributed by atoms with van der Waals surface area (Å²) in [5, 5.41) is 13.0. The van der Waals surface area contributed by atoms with E-state index in [1.165, 1.54) is 11.3 Å². The molecule has 5 heteroatoms. The molecule has 0 N–H and O–H groups in total. The second-order valence-corrected chi connectivity index (χ2v) is 6.42. The van der Waals surface area contributed by atoms with Gasteiger partial charge >= 0.3 is 0 Å². The molecule has 112 valence electrons. The number of benzene rings is 2. The lowest BCUT2D eigenvalue weighted by Gasteiger charge is -1.99. The average Bonchev–Trinajstić information content (AvgIpc) is 3.06. The van der Waals surface area contributed by atoms with Crippen molar-refractivity contribution in [1.82, 2.24) is 4.98 Å². The Hall–Kier alpha value is -2.12. The van der Waals surface area contributed by atoms with Crippen LogP contribution in [0.1, 0.15) is 10.6 Å². The smallest absolute Gasteiger partial charge is 0.134 e. The number of aromatic nitrogens is 1. The molecule has 0 saturated carbocycles. The molecule has 3 rings (SSSR count). The molecule has 2 aromatic carbocycles. The fourth-order valence-corrected chi connectivity index (χ4v) is 3.15. The molecule has 3 aromatic rings. The molecule has 0 unspecified atom stereocenters. The Morgan fingerprint density at radius 1 is 1.09 bits per heavy atom. The van der Waals surface area contributed by atoms with Gasteiger partial charge in [0.1, 0.15) is 11.1 Å². The molecule has 0 amide bonds. The van der Waals surface area contributed by atoms with E-state index in [2.05, 4.69) is 11.1 Å². The molecule has 0 aliphatic heterocycles. The number of hydrogen-bond donors (Lipinski definition) is 0. The summed E-state index contributed by atoms with van der Waals surface area (Å²) in [6, 6.07) is 17.3. The number of thiazole rings is 1. The summed E-state index contributed by atoms with van der Waals surface area (Å²) in [5.41, 5.74) is 3.20. The maximum Gasteiger partial charge on any atom is 0.134 e. The molecule has 23 heavy (non-hydrogen) atoms. The lowest BCUT2D eigenvalue weighted by atomic mass is 10.1. The van der Waals surface area contributed by atoms with Crippen LogP contribution in [-0.2, 0) is 0 Å². The Morgan fingerprint density at radius 2 is 1.87 bits per heavy atom. The monoisotopic (exact) mass is 356 g/mol. The second kappa shape index (κ2) is 6.97. The number of rotatable bonds is 3. The minimum Gasteiger partial charge on any atom is -0.235 e. The zero-order valence-corrected chi connectivity index (χ0v) is 14.2. The molecule has 0 aliphatic carbocycles. The summed E-state index contributed by atoms with van der Waals surface area (Å²) in [6.07, 6.45) is 1.76. The normalized spacial score (nSPS) is 11.3. The lowest BCUT2D eigenvalue weighted by molar-refractivity contribution is 1.37. The van der Waals surface area contributed by atoms with E-state index in [0.717, 1.165) is 16.8 Å². The minimum atomic E-state index is 0.460. The quantitative estimate of drug-likeness (QED) is 0.525. The topological polar surface area (TPSA) is 36.7 Å². The molecule has 1 heterocycles. The molecule has 1 aromatic heterocycles. The van der Waals surface area contributed by atoms with Gasteiger partial charge in [0, 0.05) is 10.9 Å². The van der Waals surface area contributed by atoms with Crippen LogP contribution in [0, 0.1) is 11.3 Å². The van der Waals surface area contributed by atoms with Crippen LogP contribution in [0.4, 0.5) is 0 Å². The molecular weight excluding hydrogens is 347 g/mol. The molecule has 0 radical (unpaired) electrons. The Labute approximate surface area is 148 Å². The Morgan fingerprint density at radius 3 is 2.57 bits per heavy atom. The van der Waals surface area contributed by atoms with Crippen molar-refractivity contribution in [2.45, 2.75) is 0 Å². The van der Waals surface area contributed by atoms with Gasteiger partial charge in [-0.25, -0.2) is 4.98 Å². The maximum atomic E-state index is 9.43. The van der Waals surface area contributed by atoms with E-state index < -0.39 is 0 Å². The Bertz CT molecular complexity index is 908. The summed E-state index contributed by atoms with van der Waals surface area (Å²) in [6.45, 7) is 0.